The lowest BCUT2D eigenvalue weighted by atomic mass is 10.0. The molecule has 21 heavy (non-hydrogen) atoms. The van der Waals surface area contributed by atoms with Gasteiger partial charge in [0, 0.05) is 27.4 Å². The Bertz CT molecular complexity index is 937. The highest BCUT2D eigenvalue weighted by Crippen LogP contribution is 2.36. The maximum absolute atomic E-state index is 5.51. The van der Waals surface area contributed by atoms with Crippen LogP contribution < -0.4 is 4.74 Å². The largest absolute Gasteiger partial charge is 0.496 e. The highest BCUT2D eigenvalue weighted by atomic mass is 16.5. The van der Waals surface area contributed by atoms with Crippen molar-refractivity contribution < 1.29 is 4.74 Å². The van der Waals surface area contributed by atoms with Gasteiger partial charge in [0.15, 0.2) is 0 Å². The van der Waals surface area contributed by atoms with Crippen molar-refractivity contribution in [2.45, 2.75) is 0 Å². The highest BCUT2D eigenvalue weighted by molar-refractivity contribution is 6.12. The van der Waals surface area contributed by atoms with Gasteiger partial charge in [0.05, 0.1) is 12.6 Å². The maximum atomic E-state index is 5.51. The average molecular weight is 273 g/mol. The van der Waals surface area contributed by atoms with Gasteiger partial charge in [-0.3, -0.25) is 0 Å². The fourth-order valence-electron chi connectivity index (χ4n) is 2.96. The molecule has 0 saturated carbocycles. The fraction of sp³-hybridized carbons (Fsp3) is 0.0526. The molecule has 1 heterocycles. The van der Waals surface area contributed by atoms with Gasteiger partial charge in [-0.1, -0.05) is 54.6 Å². The molecule has 2 nitrogen and oxygen atoms in total. The van der Waals surface area contributed by atoms with Crippen LogP contribution in [0.1, 0.15) is 0 Å². The van der Waals surface area contributed by atoms with Crippen molar-refractivity contribution in [2.24, 2.45) is 0 Å². The topological polar surface area (TPSA) is 25.0 Å². The van der Waals surface area contributed by atoms with Crippen LogP contribution >= 0.6 is 0 Å². The Balaban J connectivity index is 2.10. The van der Waals surface area contributed by atoms with Gasteiger partial charge in [0.25, 0.3) is 0 Å². The number of benzene rings is 3. The molecule has 3 aromatic carbocycles. The summed E-state index contributed by atoms with van der Waals surface area (Å²) in [5.74, 6) is 0.892. The lowest BCUT2D eigenvalue weighted by Gasteiger charge is -2.09. The van der Waals surface area contributed by atoms with E-state index in [-0.39, 0.29) is 0 Å². The molecule has 0 aliphatic heterocycles. The van der Waals surface area contributed by atoms with Crippen molar-refractivity contribution in [1.82, 2.24) is 4.98 Å². The van der Waals surface area contributed by atoms with Crippen LogP contribution in [0, 0.1) is 0 Å². The van der Waals surface area contributed by atoms with Crippen LogP contribution in [0.25, 0.3) is 32.9 Å². The zero-order chi connectivity index (χ0) is 14.2. The smallest absolute Gasteiger partial charge is 0.126 e. The molecular formula is C19H15NO. The lowest BCUT2D eigenvalue weighted by molar-refractivity contribution is 0.416. The van der Waals surface area contributed by atoms with Gasteiger partial charge in [-0.15, -0.1) is 0 Å². The van der Waals surface area contributed by atoms with E-state index in [0.29, 0.717) is 0 Å². The molecule has 0 aliphatic carbocycles. The van der Waals surface area contributed by atoms with Crippen LogP contribution in [-0.2, 0) is 0 Å². The molecule has 0 unspecified atom stereocenters. The quantitative estimate of drug-likeness (QED) is 0.546. The second-order valence-electron chi connectivity index (χ2n) is 5.10. The van der Waals surface area contributed by atoms with E-state index in [0.717, 1.165) is 22.3 Å². The third kappa shape index (κ3) is 1.80. The summed E-state index contributed by atoms with van der Waals surface area (Å²) < 4.78 is 5.51. The first kappa shape index (κ1) is 12.0. The summed E-state index contributed by atoms with van der Waals surface area (Å²) in [4.78, 5) is 3.54. The Kier molecular flexibility index (Phi) is 2.68. The number of ether oxygens (including phenoxy) is 1. The number of hydrogen-bond acceptors (Lipinski definition) is 1. The SMILES string of the molecule is COc1ccccc1-c1cccc2c1[nH]c1ccccc12. The van der Waals surface area contributed by atoms with Crippen molar-refractivity contribution in [3.05, 3.63) is 66.7 Å². The van der Waals surface area contributed by atoms with Gasteiger partial charge in [-0.05, 0) is 12.1 Å². The number of hydrogen-bond donors (Lipinski definition) is 1. The minimum atomic E-state index is 0.892. The van der Waals surface area contributed by atoms with E-state index in [1.807, 2.05) is 18.2 Å². The molecule has 4 aromatic rings. The van der Waals surface area contributed by atoms with Crippen LogP contribution in [0.4, 0.5) is 0 Å². The zero-order valence-corrected chi connectivity index (χ0v) is 11.8. The molecule has 0 saturated heterocycles. The van der Waals surface area contributed by atoms with E-state index >= 15 is 0 Å². The predicted octanol–water partition coefficient (Wildman–Crippen LogP) is 5.00. The number of para-hydroxylation sites is 3. The highest BCUT2D eigenvalue weighted by Gasteiger charge is 2.11. The molecule has 0 amide bonds. The summed E-state index contributed by atoms with van der Waals surface area (Å²) in [5, 5.41) is 2.50. The molecule has 0 fully saturated rings. The van der Waals surface area contributed by atoms with Gasteiger partial charge in [0.1, 0.15) is 5.75 Å². The van der Waals surface area contributed by atoms with E-state index < -0.39 is 0 Å². The number of fused-ring (bicyclic) bond motifs is 3. The zero-order valence-electron chi connectivity index (χ0n) is 11.8. The molecule has 4 rings (SSSR count). The maximum Gasteiger partial charge on any atom is 0.126 e. The fourth-order valence-corrected chi connectivity index (χ4v) is 2.96. The van der Waals surface area contributed by atoms with Gasteiger partial charge in [-0.25, -0.2) is 0 Å². The Labute approximate surface area is 123 Å². The standard InChI is InChI=1S/C19H15NO/c1-21-18-12-5-3-8-14(18)16-10-6-9-15-13-7-2-4-11-17(13)20-19(15)16/h2-12,20H,1H3. The van der Waals surface area contributed by atoms with Crippen LogP contribution in [0.3, 0.4) is 0 Å². The first-order valence-electron chi connectivity index (χ1n) is 7.01. The van der Waals surface area contributed by atoms with Crippen molar-refractivity contribution in [1.29, 1.82) is 0 Å². The molecule has 0 atom stereocenters. The number of rotatable bonds is 2. The van der Waals surface area contributed by atoms with E-state index in [2.05, 4.69) is 53.5 Å². The minimum absolute atomic E-state index is 0.892. The lowest BCUT2D eigenvalue weighted by Crippen LogP contribution is -1.88. The van der Waals surface area contributed by atoms with Crippen LogP contribution in [0.2, 0.25) is 0 Å². The van der Waals surface area contributed by atoms with E-state index in [1.165, 1.54) is 16.3 Å². The number of H-pyrrole nitrogens is 1. The summed E-state index contributed by atoms with van der Waals surface area (Å²) in [7, 11) is 1.71. The molecule has 0 spiro atoms. The molecule has 0 aliphatic rings. The number of aromatic nitrogens is 1. The molecule has 0 bridgehead atoms. The number of nitrogens with one attached hydrogen (secondary N) is 1. The molecule has 1 N–H and O–H groups in total. The van der Waals surface area contributed by atoms with E-state index in [9.17, 15) is 0 Å². The normalized spacial score (nSPS) is 11.1. The van der Waals surface area contributed by atoms with Crippen LogP contribution in [0.15, 0.2) is 66.7 Å². The molecule has 102 valence electrons. The van der Waals surface area contributed by atoms with Gasteiger partial charge in [0.2, 0.25) is 0 Å². The Morgan fingerprint density at radius 2 is 1.43 bits per heavy atom. The number of aromatic amines is 1. The first-order valence-corrected chi connectivity index (χ1v) is 7.01. The van der Waals surface area contributed by atoms with E-state index in [1.54, 1.807) is 7.11 Å². The predicted molar refractivity (Wildman–Crippen MR) is 87.8 cm³/mol. The summed E-state index contributed by atoms with van der Waals surface area (Å²) >= 11 is 0. The van der Waals surface area contributed by atoms with Crippen molar-refractivity contribution in [3.8, 4) is 16.9 Å². The van der Waals surface area contributed by atoms with E-state index in [4.69, 9.17) is 4.74 Å². The van der Waals surface area contributed by atoms with Gasteiger partial charge in [-0.2, -0.15) is 0 Å². The van der Waals surface area contributed by atoms with Gasteiger partial charge >= 0.3 is 0 Å². The molecule has 2 heteroatoms. The summed E-state index contributed by atoms with van der Waals surface area (Å²) in [6.07, 6.45) is 0. The molecular weight excluding hydrogens is 258 g/mol. The molecule has 0 radical (unpaired) electrons. The Hall–Kier alpha value is -2.74. The first-order chi connectivity index (χ1) is 10.4. The third-order valence-electron chi connectivity index (χ3n) is 3.94. The minimum Gasteiger partial charge on any atom is -0.496 e. The average Bonchev–Trinajstić information content (AvgIpc) is 2.93. The second kappa shape index (κ2) is 4.67. The van der Waals surface area contributed by atoms with Crippen LogP contribution in [-0.4, -0.2) is 12.1 Å². The summed E-state index contributed by atoms with van der Waals surface area (Å²) in [5.41, 5.74) is 4.59. The van der Waals surface area contributed by atoms with Crippen molar-refractivity contribution in [2.75, 3.05) is 7.11 Å². The number of methoxy groups -OCH3 is 1. The summed E-state index contributed by atoms with van der Waals surface area (Å²) in [6, 6.07) is 22.9. The Morgan fingerprint density at radius 3 is 2.33 bits per heavy atom. The van der Waals surface area contributed by atoms with Crippen LogP contribution in [0.5, 0.6) is 5.75 Å². The van der Waals surface area contributed by atoms with Gasteiger partial charge < -0.3 is 9.72 Å². The van der Waals surface area contributed by atoms with Crippen molar-refractivity contribution >= 4 is 21.8 Å². The molecule has 1 aromatic heterocycles. The second-order valence-corrected chi connectivity index (χ2v) is 5.10. The Morgan fingerprint density at radius 1 is 0.714 bits per heavy atom. The van der Waals surface area contributed by atoms with Crippen molar-refractivity contribution in [3.63, 3.8) is 0 Å². The monoisotopic (exact) mass is 273 g/mol. The summed E-state index contributed by atoms with van der Waals surface area (Å²) in [6.45, 7) is 0. The third-order valence-corrected chi connectivity index (χ3v) is 3.94.